The highest BCUT2D eigenvalue weighted by molar-refractivity contribution is 6.09. The van der Waals surface area contributed by atoms with Gasteiger partial charge in [-0.25, -0.2) is 4.79 Å². The molecule has 4 aromatic carbocycles. The third-order valence-electron chi connectivity index (χ3n) is 10.1. The summed E-state index contributed by atoms with van der Waals surface area (Å²) in [6, 6.07) is 32.6. The maximum absolute atomic E-state index is 13.3. The van der Waals surface area contributed by atoms with Gasteiger partial charge < -0.3 is 34.6 Å². The van der Waals surface area contributed by atoms with Crippen LogP contribution in [0.3, 0.4) is 0 Å². The number of aromatic hydroxyl groups is 1. The first-order valence-corrected chi connectivity index (χ1v) is 18.3. The second kappa shape index (κ2) is 15.1. The van der Waals surface area contributed by atoms with E-state index in [1.807, 2.05) is 73.6 Å². The van der Waals surface area contributed by atoms with Crippen LogP contribution in [0.25, 0.3) is 66.8 Å². The SMILES string of the molecule is C/N=c1/ccc2c(-c3ccc(C(=O)NCC(=O)NCc4ccc(-c5c6ccc(=O)cc-6oc6cc(O)ccc56)cc4)cc3C(=O)O)c3ccc(N(C)C)cc3oc-2c1. The molecule has 12 nitrogen and oxygen atoms in total. The number of nitrogens with zero attached hydrogens (tertiary/aromatic N) is 2. The van der Waals surface area contributed by atoms with E-state index in [1.54, 1.807) is 37.4 Å². The van der Waals surface area contributed by atoms with Crippen molar-refractivity contribution in [2.45, 2.75) is 6.54 Å². The van der Waals surface area contributed by atoms with E-state index in [2.05, 4.69) is 15.6 Å². The quantitative estimate of drug-likeness (QED) is 0.111. The number of carboxylic acid groups (broad SMARTS) is 1. The largest absolute Gasteiger partial charge is 0.508 e. The molecule has 2 aliphatic carbocycles. The molecule has 2 amide bonds. The van der Waals surface area contributed by atoms with Crippen molar-refractivity contribution < 1.29 is 33.4 Å². The second-order valence-corrected chi connectivity index (χ2v) is 14.0. The Balaban J connectivity index is 0.990. The minimum Gasteiger partial charge on any atom is -0.508 e. The Morgan fingerprint density at radius 2 is 1.38 bits per heavy atom. The van der Waals surface area contributed by atoms with E-state index in [0.717, 1.165) is 33.3 Å². The van der Waals surface area contributed by atoms with Crippen molar-refractivity contribution in [1.29, 1.82) is 0 Å². The molecule has 0 fully saturated rings. The summed E-state index contributed by atoms with van der Waals surface area (Å²) in [6.45, 7) is -0.156. The summed E-state index contributed by atoms with van der Waals surface area (Å²) in [4.78, 5) is 57.2. The Morgan fingerprint density at radius 3 is 2.12 bits per heavy atom. The number of phenols is 1. The highest BCUT2D eigenvalue weighted by Gasteiger charge is 2.24. The van der Waals surface area contributed by atoms with Crippen molar-refractivity contribution in [3.05, 3.63) is 148 Å². The van der Waals surface area contributed by atoms with Crippen molar-refractivity contribution in [3.63, 3.8) is 0 Å². The predicted octanol–water partition coefficient (Wildman–Crippen LogP) is 7.13. The average molecular weight is 773 g/mol. The third-order valence-corrected chi connectivity index (χ3v) is 10.1. The lowest BCUT2D eigenvalue weighted by Crippen LogP contribution is -2.36. The minimum atomic E-state index is -1.22. The fraction of sp³-hybridized carbons (Fsp3) is 0.109. The lowest BCUT2D eigenvalue weighted by Gasteiger charge is -2.19. The number of anilines is 1. The van der Waals surface area contributed by atoms with Gasteiger partial charge in [-0.15, -0.1) is 0 Å². The summed E-state index contributed by atoms with van der Waals surface area (Å²) in [7, 11) is 5.51. The van der Waals surface area contributed by atoms with Crippen molar-refractivity contribution >= 4 is 45.4 Å². The Kier molecular flexibility index (Phi) is 9.67. The van der Waals surface area contributed by atoms with Crippen LogP contribution in [0.4, 0.5) is 5.69 Å². The first kappa shape index (κ1) is 37.2. The predicted molar refractivity (Wildman–Crippen MR) is 221 cm³/mol. The van der Waals surface area contributed by atoms with Crippen LogP contribution in [-0.2, 0) is 11.3 Å². The number of aromatic carboxylic acids is 1. The number of fused-ring (bicyclic) bond motifs is 4. The van der Waals surface area contributed by atoms with Crippen LogP contribution in [0.2, 0.25) is 0 Å². The van der Waals surface area contributed by atoms with Gasteiger partial charge in [0, 0.05) is 96.2 Å². The Labute approximate surface area is 331 Å². The van der Waals surface area contributed by atoms with Crippen LogP contribution >= 0.6 is 0 Å². The Morgan fingerprint density at radius 1 is 0.707 bits per heavy atom. The summed E-state index contributed by atoms with van der Waals surface area (Å²) in [5.74, 6) is -1.32. The van der Waals surface area contributed by atoms with Crippen LogP contribution in [0.15, 0.2) is 134 Å². The minimum absolute atomic E-state index is 0.0365. The number of hydrogen-bond acceptors (Lipinski definition) is 9. The zero-order valence-corrected chi connectivity index (χ0v) is 31.6. The van der Waals surface area contributed by atoms with E-state index in [0.29, 0.717) is 50.1 Å². The monoisotopic (exact) mass is 772 g/mol. The van der Waals surface area contributed by atoms with E-state index >= 15 is 0 Å². The normalized spacial score (nSPS) is 11.7. The first-order chi connectivity index (χ1) is 28.0. The van der Waals surface area contributed by atoms with Crippen LogP contribution in [-0.4, -0.2) is 55.7 Å². The molecule has 2 aliphatic heterocycles. The van der Waals surface area contributed by atoms with Gasteiger partial charge in [0.1, 0.15) is 28.4 Å². The van der Waals surface area contributed by atoms with Gasteiger partial charge in [-0.2, -0.15) is 0 Å². The lowest BCUT2D eigenvalue weighted by molar-refractivity contribution is -0.120. The summed E-state index contributed by atoms with van der Waals surface area (Å²) in [5, 5.41) is 28.0. The smallest absolute Gasteiger partial charge is 0.336 e. The molecule has 4 aliphatic rings. The van der Waals surface area contributed by atoms with Gasteiger partial charge in [0.15, 0.2) is 5.43 Å². The number of rotatable bonds is 9. The molecule has 8 rings (SSSR count). The summed E-state index contributed by atoms with van der Waals surface area (Å²) in [6.07, 6.45) is 0. The number of carbonyl (C=O) groups excluding carboxylic acids is 2. The zero-order chi connectivity index (χ0) is 40.7. The maximum Gasteiger partial charge on any atom is 0.336 e. The lowest BCUT2D eigenvalue weighted by atomic mass is 9.89. The molecule has 2 heterocycles. The van der Waals surface area contributed by atoms with E-state index < -0.39 is 17.8 Å². The molecule has 0 radical (unpaired) electrons. The van der Waals surface area contributed by atoms with Crippen molar-refractivity contribution in [3.8, 4) is 50.7 Å². The van der Waals surface area contributed by atoms with Crippen LogP contribution < -0.4 is 26.3 Å². The molecule has 288 valence electrons. The van der Waals surface area contributed by atoms with Crippen LogP contribution in [0, 0.1) is 0 Å². The summed E-state index contributed by atoms with van der Waals surface area (Å²) >= 11 is 0. The van der Waals surface area contributed by atoms with E-state index in [9.17, 15) is 29.4 Å². The number of nitrogens with one attached hydrogen (secondary N) is 2. The molecular formula is C46H36N4O8. The second-order valence-electron chi connectivity index (χ2n) is 14.0. The van der Waals surface area contributed by atoms with E-state index in [1.165, 1.54) is 30.3 Å². The molecule has 4 aromatic rings. The van der Waals surface area contributed by atoms with Crippen LogP contribution in [0.1, 0.15) is 26.3 Å². The molecule has 0 aromatic heterocycles. The van der Waals surface area contributed by atoms with Crippen molar-refractivity contribution in [2.24, 2.45) is 4.99 Å². The first-order valence-electron chi connectivity index (χ1n) is 18.3. The molecule has 0 spiro atoms. The standard InChI is InChI=1S/C46H36N4O8/c1-47-28-9-14-35-38(19-28)57-39-20-29(50(2)3)10-15-36(39)44(35)32-13-8-27(18-37(32)46(55)56)45(54)49-24-42(53)48-23-25-4-6-26(7-5-25)43-33-16-11-30(51)21-40(33)58-41-22-31(52)12-17-34(41)43/h4-22,51H,23-24H2,1-3H3,(H,48,53)(H,49,54)(H,55,56)/b47-28-. The molecule has 0 bridgehead atoms. The molecule has 0 saturated heterocycles. The van der Waals surface area contributed by atoms with Gasteiger partial charge in [-0.1, -0.05) is 30.3 Å². The van der Waals surface area contributed by atoms with Crippen molar-refractivity contribution in [1.82, 2.24) is 10.6 Å². The van der Waals surface area contributed by atoms with Crippen LogP contribution in [0.5, 0.6) is 5.75 Å². The Hall–Kier alpha value is -7.73. The topological polar surface area (TPSA) is 175 Å². The van der Waals surface area contributed by atoms with Gasteiger partial charge in [-0.3, -0.25) is 19.4 Å². The number of carbonyl (C=O) groups is 3. The molecule has 4 N–H and O–H groups in total. The molecule has 0 unspecified atom stereocenters. The maximum atomic E-state index is 13.3. The van der Waals surface area contributed by atoms with E-state index in [-0.39, 0.29) is 35.4 Å². The van der Waals surface area contributed by atoms with Gasteiger partial charge in [-0.05, 0) is 77.4 Å². The number of phenolic OH excluding ortho intramolecular Hbond substituents is 1. The van der Waals surface area contributed by atoms with Crippen molar-refractivity contribution in [2.75, 3.05) is 32.6 Å². The zero-order valence-electron chi connectivity index (χ0n) is 31.6. The van der Waals surface area contributed by atoms with Gasteiger partial charge >= 0.3 is 5.97 Å². The molecule has 0 atom stereocenters. The molecule has 58 heavy (non-hydrogen) atoms. The van der Waals surface area contributed by atoms with Gasteiger partial charge in [0.2, 0.25) is 5.91 Å². The third kappa shape index (κ3) is 7.10. The number of hydrogen-bond donors (Lipinski definition) is 4. The highest BCUT2D eigenvalue weighted by Crippen LogP contribution is 2.43. The average Bonchev–Trinajstić information content (AvgIpc) is 3.22. The number of carboxylic acids is 1. The fourth-order valence-electron chi connectivity index (χ4n) is 7.14. The number of benzene rings is 6. The molecular weight excluding hydrogens is 737 g/mol. The highest BCUT2D eigenvalue weighted by atomic mass is 16.4. The number of amides is 2. The summed E-state index contributed by atoms with van der Waals surface area (Å²) in [5.41, 5.74) is 6.60. The molecule has 0 saturated carbocycles. The van der Waals surface area contributed by atoms with E-state index in [4.69, 9.17) is 8.83 Å². The van der Waals surface area contributed by atoms with Gasteiger partial charge in [0.05, 0.1) is 17.5 Å². The Bertz CT molecular complexity index is 3000. The van der Waals surface area contributed by atoms with Gasteiger partial charge in [0.25, 0.3) is 5.91 Å². The molecule has 12 heteroatoms. The fourth-order valence-corrected chi connectivity index (χ4v) is 7.14. The summed E-state index contributed by atoms with van der Waals surface area (Å²) < 4.78 is 12.2.